The second-order valence-corrected chi connectivity index (χ2v) is 2.83. The van der Waals surface area contributed by atoms with Gasteiger partial charge in [-0.25, -0.2) is 0 Å². The van der Waals surface area contributed by atoms with Crippen molar-refractivity contribution in [3.63, 3.8) is 0 Å². The molecule has 0 aliphatic rings. The van der Waals surface area contributed by atoms with Gasteiger partial charge in [0.25, 0.3) is 0 Å². The smallest absolute Gasteiger partial charge is 0.0672 e. The van der Waals surface area contributed by atoms with Gasteiger partial charge >= 0.3 is 0 Å². The summed E-state index contributed by atoms with van der Waals surface area (Å²) in [6.45, 7) is 7.58. The lowest BCUT2D eigenvalue weighted by Gasteiger charge is -2.17. The van der Waals surface area contributed by atoms with Gasteiger partial charge in [0.05, 0.1) is 6.67 Å². The van der Waals surface area contributed by atoms with Crippen molar-refractivity contribution < 1.29 is 0 Å². The summed E-state index contributed by atoms with van der Waals surface area (Å²) >= 11 is 0. The van der Waals surface area contributed by atoms with Gasteiger partial charge in [-0.05, 0) is 19.3 Å². The first-order valence-corrected chi connectivity index (χ1v) is 5.07. The fourth-order valence-corrected chi connectivity index (χ4v) is 0.983. The van der Waals surface area contributed by atoms with Crippen LogP contribution >= 0.6 is 0 Å². The molecule has 0 fully saturated rings. The van der Waals surface area contributed by atoms with Crippen LogP contribution in [-0.2, 0) is 0 Å². The van der Waals surface area contributed by atoms with Crippen LogP contribution in [0.2, 0.25) is 0 Å². The highest BCUT2D eigenvalue weighted by atomic mass is 28.1. The molecule has 0 amide bonds. The SMILES string of the molecule is CCN(CC)CNC=C[SiH3]. The molecule has 0 aromatic heterocycles. The monoisotopic (exact) mass is 158 g/mol. The number of nitrogens with one attached hydrogen (secondary N) is 1. The molecule has 0 atom stereocenters. The summed E-state index contributed by atoms with van der Waals surface area (Å²) in [6.07, 6.45) is 2.03. The van der Waals surface area contributed by atoms with Crippen LogP contribution in [0.1, 0.15) is 13.8 Å². The highest BCUT2D eigenvalue weighted by molar-refractivity contribution is 6.16. The number of hydrogen-bond donors (Lipinski definition) is 1. The number of nitrogens with zero attached hydrogens (tertiary/aromatic N) is 1. The first kappa shape index (κ1) is 9.72. The van der Waals surface area contributed by atoms with Crippen LogP contribution in [0, 0.1) is 0 Å². The first-order valence-electron chi connectivity index (χ1n) is 3.92. The predicted octanol–water partition coefficient (Wildman–Crippen LogP) is -0.288. The Bertz CT molecular complexity index is 89.6. The second-order valence-electron chi connectivity index (χ2n) is 2.17. The summed E-state index contributed by atoms with van der Waals surface area (Å²) < 4.78 is 0. The van der Waals surface area contributed by atoms with Crippen LogP contribution in [0.15, 0.2) is 11.9 Å². The third-order valence-corrected chi connectivity index (χ3v) is 1.83. The van der Waals surface area contributed by atoms with Gasteiger partial charge in [-0.2, -0.15) is 0 Å². The van der Waals surface area contributed by atoms with Crippen LogP contribution in [0.25, 0.3) is 0 Å². The Morgan fingerprint density at radius 2 is 2.00 bits per heavy atom. The molecular weight excluding hydrogens is 140 g/mol. The molecule has 10 heavy (non-hydrogen) atoms. The molecule has 0 bridgehead atoms. The van der Waals surface area contributed by atoms with Gasteiger partial charge in [0.2, 0.25) is 0 Å². The Morgan fingerprint density at radius 1 is 1.40 bits per heavy atom. The minimum atomic E-state index is 0.978. The van der Waals surface area contributed by atoms with Gasteiger partial charge in [0, 0.05) is 10.2 Å². The van der Waals surface area contributed by atoms with E-state index in [4.69, 9.17) is 0 Å². The van der Waals surface area contributed by atoms with E-state index in [2.05, 4.69) is 29.8 Å². The van der Waals surface area contributed by atoms with Crippen LogP contribution in [0.4, 0.5) is 0 Å². The molecule has 60 valence electrons. The van der Waals surface area contributed by atoms with Gasteiger partial charge in [0.15, 0.2) is 0 Å². The molecule has 0 radical (unpaired) electrons. The van der Waals surface area contributed by atoms with Crippen molar-refractivity contribution in [3.05, 3.63) is 11.9 Å². The van der Waals surface area contributed by atoms with Gasteiger partial charge in [0.1, 0.15) is 0 Å². The lowest BCUT2D eigenvalue weighted by molar-refractivity contribution is 0.294. The molecule has 0 saturated carbocycles. The summed E-state index contributed by atoms with van der Waals surface area (Å²) in [5, 5.41) is 3.22. The van der Waals surface area contributed by atoms with E-state index >= 15 is 0 Å². The maximum absolute atomic E-state index is 3.22. The molecule has 3 heteroatoms. The van der Waals surface area contributed by atoms with E-state index < -0.39 is 0 Å². The van der Waals surface area contributed by atoms with Crippen molar-refractivity contribution in [3.8, 4) is 0 Å². The lowest BCUT2D eigenvalue weighted by Crippen LogP contribution is -2.31. The molecule has 0 aliphatic carbocycles. The Kier molecular flexibility index (Phi) is 6.64. The van der Waals surface area contributed by atoms with E-state index in [1.54, 1.807) is 0 Å². The Morgan fingerprint density at radius 3 is 2.40 bits per heavy atom. The zero-order valence-corrected chi connectivity index (χ0v) is 9.22. The number of hydrogen-bond acceptors (Lipinski definition) is 2. The van der Waals surface area contributed by atoms with Crippen molar-refractivity contribution in [2.45, 2.75) is 13.8 Å². The maximum atomic E-state index is 3.22. The normalized spacial score (nSPS) is 11.5. The molecule has 0 rings (SSSR count). The Labute approximate surface area is 66.7 Å². The molecule has 0 aliphatic heterocycles. The summed E-state index contributed by atoms with van der Waals surface area (Å²) in [6, 6.07) is 0. The van der Waals surface area contributed by atoms with E-state index in [0.29, 0.717) is 0 Å². The molecular formula is C7H18N2Si. The van der Waals surface area contributed by atoms with Crippen molar-refractivity contribution in [1.29, 1.82) is 0 Å². The highest BCUT2D eigenvalue weighted by Gasteiger charge is 1.93. The van der Waals surface area contributed by atoms with E-state index in [-0.39, 0.29) is 0 Å². The number of rotatable bonds is 5. The second kappa shape index (κ2) is 6.83. The average molecular weight is 158 g/mol. The average Bonchev–Trinajstić information content (AvgIpc) is 1.99. The Hall–Kier alpha value is -0.283. The molecule has 1 N–H and O–H groups in total. The minimum absolute atomic E-state index is 0.978. The van der Waals surface area contributed by atoms with Crippen LogP contribution in [0.3, 0.4) is 0 Å². The van der Waals surface area contributed by atoms with Crippen LogP contribution in [0.5, 0.6) is 0 Å². The van der Waals surface area contributed by atoms with Crippen molar-refractivity contribution in [2.24, 2.45) is 0 Å². The largest absolute Gasteiger partial charge is 0.379 e. The van der Waals surface area contributed by atoms with Crippen molar-refractivity contribution in [2.75, 3.05) is 19.8 Å². The van der Waals surface area contributed by atoms with Gasteiger partial charge in [-0.15, -0.1) is 0 Å². The molecule has 0 aromatic carbocycles. The van der Waals surface area contributed by atoms with Gasteiger partial charge in [-0.3, -0.25) is 4.90 Å². The third kappa shape index (κ3) is 4.58. The maximum Gasteiger partial charge on any atom is 0.0672 e. The predicted molar refractivity (Wildman–Crippen MR) is 50.0 cm³/mol. The molecule has 0 heterocycles. The van der Waals surface area contributed by atoms with Crippen LogP contribution < -0.4 is 5.32 Å². The summed E-state index contributed by atoms with van der Waals surface area (Å²) in [5.41, 5.74) is 2.14. The molecule has 0 saturated heterocycles. The minimum Gasteiger partial charge on any atom is -0.379 e. The lowest BCUT2D eigenvalue weighted by atomic mass is 10.5. The summed E-state index contributed by atoms with van der Waals surface area (Å²) in [7, 11) is 1.14. The molecule has 0 aromatic rings. The van der Waals surface area contributed by atoms with Crippen LogP contribution in [-0.4, -0.2) is 34.9 Å². The molecule has 0 unspecified atom stereocenters. The fraction of sp³-hybridized carbons (Fsp3) is 0.714. The Balaban J connectivity index is 3.25. The molecule has 2 nitrogen and oxygen atoms in total. The summed E-state index contributed by atoms with van der Waals surface area (Å²) in [5.74, 6) is 0. The van der Waals surface area contributed by atoms with E-state index in [1.165, 1.54) is 0 Å². The topological polar surface area (TPSA) is 15.3 Å². The standard InChI is InChI=1S/C7H18N2Si/c1-3-9(4-2)7-8-5-6-10/h5-6,8H,3-4,7H2,1-2,10H3. The van der Waals surface area contributed by atoms with Gasteiger partial charge in [-0.1, -0.05) is 19.5 Å². The zero-order valence-electron chi connectivity index (χ0n) is 7.22. The third-order valence-electron chi connectivity index (χ3n) is 1.49. The van der Waals surface area contributed by atoms with E-state index in [0.717, 1.165) is 30.0 Å². The van der Waals surface area contributed by atoms with Gasteiger partial charge < -0.3 is 5.32 Å². The van der Waals surface area contributed by atoms with Crippen molar-refractivity contribution in [1.82, 2.24) is 10.2 Å². The first-order chi connectivity index (χ1) is 4.85. The zero-order chi connectivity index (χ0) is 7.82. The summed E-state index contributed by atoms with van der Waals surface area (Å²) in [4.78, 5) is 2.33. The van der Waals surface area contributed by atoms with E-state index in [9.17, 15) is 0 Å². The van der Waals surface area contributed by atoms with Crippen molar-refractivity contribution >= 4 is 10.2 Å². The van der Waals surface area contributed by atoms with E-state index in [1.807, 2.05) is 6.20 Å². The molecule has 0 spiro atoms. The quantitative estimate of drug-likeness (QED) is 0.437. The fourth-order valence-electron chi connectivity index (χ4n) is 0.747. The highest BCUT2D eigenvalue weighted by Crippen LogP contribution is 1.81.